The van der Waals surface area contributed by atoms with Crippen LogP contribution in [0.5, 0.6) is 0 Å². The van der Waals surface area contributed by atoms with E-state index in [-0.39, 0.29) is 188 Å². The predicted molar refractivity (Wildman–Crippen MR) is 315 cm³/mol. The third-order valence-corrected chi connectivity index (χ3v) is 17.0. The zero-order valence-corrected chi connectivity index (χ0v) is 47.5. The molecule has 0 bridgehead atoms. The molecule has 0 aromatic heterocycles. The Labute approximate surface area is 486 Å². The molecule has 0 aromatic carbocycles. The molecule has 0 rings (SSSR count). The normalized spacial score (nSPS) is 11.9. The summed E-state index contributed by atoms with van der Waals surface area (Å²) in [5.41, 5.74) is 0. The van der Waals surface area contributed by atoms with E-state index in [0.717, 1.165) is 25.7 Å². The summed E-state index contributed by atoms with van der Waals surface area (Å²) in [7, 11) is -10.8. The van der Waals surface area contributed by atoms with Gasteiger partial charge in [0.25, 0.3) is 0 Å². The van der Waals surface area contributed by atoms with E-state index in [2.05, 4.69) is 54.6 Å². The van der Waals surface area contributed by atoms with Crippen LogP contribution in [0.4, 0.5) is 0 Å². The van der Waals surface area contributed by atoms with Gasteiger partial charge in [0.2, 0.25) is 0 Å². The maximum absolute atomic E-state index is 12.0. The summed E-state index contributed by atoms with van der Waals surface area (Å²) in [6, 6.07) is 0. The van der Waals surface area contributed by atoms with Crippen molar-refractivity contribution in [2.45, 2.75) is 169 Å². The molecule has 0 fully saturated rings. The molecule has 0 aliphatic carbocycles. The minimum Gasteiger partial charge on any atom is -0.870 e. The maximum atomic E-state index is 12.0. The van der Waals surface area contributed by atoms with Crippen molar-refractivity contribution in [3.05, 3.63) is 0 Å². The number of rotatable bonds is 19. The summed E-state index contributed by atoms with van der Waals surface area (Å²) < 4.78 is 128. The van der Waals surface area contributed by atoms with Gasteiger partial charge in [0.05, 0.1) is 108 Å². The van der Waals surface area contributed by atoms with Gasteiger partial charge in [0.15, 0.2) is 16.6 Å². The fraction of sp³-hybridized carbons (Fsp3) is 0.882. The van der Waals surface area contributed by atoms with Crippen LogP contribution in [-0.2, 0) is 42.2 Å². The number of aliphatic hydroxyl groups excluding tert-OH is 1. The first-order chi connectivity index (χ1) is 31.5. The largest absolute Gasteiger partial charge is 1.00 e. The number of aliphatic carboxylic acids is 1. The number of ether oxygens (including phenoxy) is 3. The summed E-state index contributed by atoms with van der Waals surface area (Å²) in [6.45, 7) is 29.8. The third-order valence-electron chi connectivity index (χ3n) is 7.95. The molecule has 34 radical (unpaired) electrons. The van der Waals surface area contributed by atoms with Crippen LogP contribution in [0.1, 0.15) is 121 Å². The van der Waals surface area contributed by atoms with Gasteiger partial charge in [-0.3, -0.25) is 19.2 Å². The summed E-state index contributed by atoms with van der Waals surface area (Å²) in [6.07, 6.45) is 2.50. The van der Waals surface area contributed by atoms with Crippen LogP contribution in [0.15, 0.2) is 0 Å². The van der Waals surface area contributed by atoms with Gasteiger partial charge < -0.3 is 38.8 Å². The van der Waals surface area contributed by atoms with E-state index in [9.17, 15) is 19.2 Å². The number of carboxylic acid groups (broad SMARTS) is 1. The molecular weight excluding hydrogens is 863 g/mol. The Hall–Kier alpha value is 0.258. The third kappa shape index (κ3) is 78.4. The Morgan fingerprint density at radius 1 is 0.576 bits per heavy atom. The van der Waals surface area contributed by atoms with Crippen molar-refractivity contribution in [1.82, 2.24) is 0 Å². The van der Waals surface area contributed by atoms with Crippen molar-refractivity contribution in [2.24, 2.45) is 0 Å². The van der Waals surface area contributed by atoms with E-state index in [4.69, 9.17) is 56.0 Å². The van der Waals surface area contributed by atoms with Crippen LogP contribution < -0.4 is 29.6 Å². The van der Waals surface area contributed by atoms with Gasteiger partial charge in [-0.2, -0.15) is 0 Å². The number of unbranched alkanes of at least 4 members (excludes halogenated alkanes) is 2. The van der Waals surface area contributed by atoms with Crippen LogP contribution in [-0.4, -0.2) is 260 Å². The molecule has 0 saturated heterocycles. The Morgan fingerprint density at radius 3 is 0.970 bits per heavy atom. The summed E-state index contributed by atoms with van der Waals surface area (Å²) >= 11 is 0. The van der Waals surface area contributed by atoms with Gasteiger partial charge in [-0.25, -0.2) is 0 Å². The molecule has 32 heteroatoms. The molecular formula is C34H88B17NaO12Si2. The first-order valence-corrected chi connectivity index (χ1v) is 22.9. The molecule has 0 spiro atoms. The second-order valence-electron chi connectivity index (χ2n) is 14.5. The number of carbonyl (C=O) groups excluding carboxylic acids is 3. The number of aliphatic hydroxyl groups is 1. The van der Waals surface area contributed by atoms with E-state index < -0.39 is 76.3 Å². The number of carboxylic acids is 1. The molecule has 0 aromatic rings. The molecule has 0 saturated carbocycles. The van der Waals surface area contributed by atoms with Gasteiger partial charge in [0, 0.05) is 99.2 Å². The second kappa shape index (κ2) is 76.7. The average molecular weight is 986 g/mol. The van der Waals surface area contributed by atoms with E-state index in [0.29, 0.717) is 28.2 Å². The SMILES string of the molecule is CCCCOC(=O)C[C@H](CC(=O)O)O[Si](C)(C)C(C)(C)C.CCCCOC(=O)C[C@H](CC(=O)OCC)O[Si](C)(C)C(C)(C)C.CCO.[3H]B([3H])[3H].[3H]B([3H])[3H].[3H]B([3H])[3H].[3H]B([3H])[3H].[3H]B([3H])[3H].[3H][B][3H].[B].[B].[B].[B].[B].[B].[B].[B].[B].[B].[B].[Na+].[OH-]. The average Bonchev–Trinajstić information content (AvgIpc) is 3.10. The molecule has 66 heavy (non-hydrogen) atoms. The van der Waals surface area contributed by atoms with Crippen LogP contribution in [0.3, 0.4) is 0 Å². The first-order valence-electron chi connectivity index (χ1n) is 26.9. The molecule has 356 valence electrons. The minimum atomic E-state index is -2.11. The van der Waals surface area contributed by atoms with Crippen LogP contribution in [0, 0.1) is 0 Å². The summed E-state index contributed by atoms with van der Waals surface area (Å²) in [5, 5.41) is 16.5. The second-order valence-corrected chi connectivity index (χ2v) is 24.0. The fourth-order valence-electron chi connectivity index (χ4n) is 3.25. The van der Waals surface area contributed by atoms with Crippen LogP contribution in [0.25, 0.3) is 0 Å². The Bertz CT molecular complexity index is 1190. The van der Waals surface area contributed by atoms with Crippen molar-refractivity contribution in [2.75, 3.05) is 26.4 Å². The fourth-order valence-corrected chi connectivity index (χ4v) is 5.96. The molecule has 0 heterocycles. The van der Waals surface area contributed by atoms with Gasteiger partial charge in [-0.1, -0.05) is 68.2 Å². The topological polar surface area (TPSA) is 185 Å². The van der Waals surface area contributed by atoms with Crippen molar-refractivity contribution in [1.29, 1.82) is 22.7 Å². The first kappa shape index (κ1) is 75.2. The van der Waals surface area contributed by atoms with Gasteiger partial charge >= 0.3 is 53.4 Å². The zero-order chi connectivity index (χ0) is 58.1. The predicted octanol–water partition coefficient (Wildman–Crippen LogP) is -6.55. The molecule has 0 aliphatic rings. The quantitative estimate of drug-likeness (QED) is 0.0542. The summed E-state index contributed by atoms with van der Waals surface area (Å²) in [4.78, 5) is 46.5. The van der Waals surface area contributed by atoms with Crippen molar-refractivity contribution < 1.29 is 87.5 Å². The van der Waals surface area contributed by atoms with E-state index in [1.165, 1.54) is 0 Å². The Morgan fingerprint density at radius 2 is 0.788 bits per heavy atom. The zero-order valence-electron chi connectivity index (χ0n) is 60.5. The van der Waals surface area contributed by atoms with Gasteiger partial charge in [0.1, 0.15) is 0 Å². The van der Waals surface area contributed by atoms with Gasteiger partial charge in [-0.15, -0.1) is 0 Å². The number of carbonyl (C=O) groups is 4. The van der Waals surface area contributed by atoms with Crippen molar-refractivity contribution in [3.63, 3.8) is 0 Å². The van der Waals surface area contributed by atoms with Crippen LogP contribution in [0.2, 0.25) is 36.3 Å². The van der Waals surface area contributed by atoms with E-state index in [1.807, 2.05) is 26.9 Å². The Kier molecular flexibility index (Phi) is 87.4. The standard InChI is InChI=1S/C17H34O5Si.C15H30O5Si.C2H6O.5BH3.BH2.11B.Na.H2O/c1-8-10-11-21-16(19)13-14(12-15(18)20-9-2)22-23(6,7)17(3,4)5;1-7-8-9-19-14(18)11-12(10-13(16)17)20-21(5,6)15(2,3)4;1-2-3;;;;;;;;;;;;;;;;;;;/h14H,8-13H2,1-7H3;12H,7-11H2,1-6H3,(H,16,17);3H,2H2,1H3;5*1H3;1H2;;;;;;;;;;;;;1H2/q;;;;;;;;;;;;;;;;;;;;+1;/p-1/t14-;12-;;;;;;;;;;;;;;;;;;;;/m00..................../s1/i;;;5*1T3;1T2;;;;;;;;;;;;;. The number of hydrogen-bond donors (Lipinski definition) is 2. The minimum absolute atomic E-state index is 0. The Balaban J connectivity index is -0.0000000283. The van der Waals surface area contributed by atoms with Gasteiger partial charge in [-0.05, 0) is 85.7 Å². The monoisotopic (exact) mass is 989 g/mol. The van der Waals surface area contributed by atoms with E-state index >= 15 is 0 Å². The molecule has 0 amide bonds. The van der Waals surface area contributed by atoms with E-state index in [1.54, 1.807) is 13.8 Å². The number of esters is 3. The number of hydrogen-bond acceptors (Lipinski definition) is 11. The van der Waals surface area contributed by atoms with Crippen molar-refractivity contribution in [3.8, 4) is 0 Å². The maximum Gasteiger partial charge on any atom is 1.00 e. The smallest absolute Gasteiger partial charge is 0.870 e. The summed E-state index contributed by atoms with van der Waals surface area (Å²) in [5.74, 6) is -1.99. The molecule has 0 unspecified atom stereocenters. The molecule has 3 N–H and O–H groups in total. The van der Waals surface area contributed by atoms with Crippen LogP contribution >= 0.6 is 0 Å². The molecule has 0 aliphatic heterocycles. The van der Waals surface area contributed by atoms with Crippen molar-refractivity contribution >= 4 is 183 Å². The molecule has 12 nitrogen and oxygen atoms in total. The molecule has 2 atom stereocenters.